The van der Waals surface area contributed by atoms with Crippen molar-refractivity contribution in [3.63, 3.8) is 0 Å². The molecule has 2 aliphatic rings. The molecule has 1 spiro atoms. The Balaban J connectivity index is 2.22. The maximum absolute atomic E-state index is 10.5. The van der Waals surface area contributed by atoms with Gasteiger partial charge in [0.05, 0.1) is 5.60 Å². The van der Waals surface area contributed by atoms with E-state index >= 15 is 0 Å². The summed E-state index contributed by atoms with van der Waals surface area (Å²) in [6.07, 6.45) is 9.84. The van der Waals surface area contributed by atoms with Crippen LogP contribution in [-0.2, 0) is 0 Å². The van der Waals surface area contributed by atoms with E-state index in [0.717, 1.165) is 12.8 Å². The summed E-state index contributed by atoms with van der Waals surface area (Å²) in [6, 6.07) is 0. The van der Waals surface area contributed by atoms with Gasteiger partial charge in [-0.05, 0) is 43.9 Å². The molecule has 2 rings (SSSR count). The Morgan fingerprint density at radius 3 is 2.17 bits per heavy atom. The van der Waals surface area contributed by atoms with Crippen LogP contribution in [0.5, 0.6) is 0 Å². The Bertz CT molecular complexity index is 164. The maximum atomic E-state index is 10.5. The highest BCUT2D eigenvalue weighted by atomic mass is 16.3. The summed E-state index contributed by atoms with van der Waals surface area (Å²) in [5, 5.41) is 10.5. The van der Waals surface area contributed by atoms with E-state index in [2.05, 4.69) is 6.92 Å². The van der Waals surface area contributed by atoms with E-state index in [9.17, 15) is 5.11 Å². The molecule has 1 N–H and O–H groups in total. The van der Waals surface area contributed by atoms with Gasteiger partial charge in [0, 0.05) is 0 Å². The molecular weight excluding hydrogens is 148 g/mol. The molecule has 12 heavy (non-hydrogen) atoms. The van der Waals surface area contributed by atoms with E-state index in [4.69, 9.17) is 0 Å². The molecule has 1 heteroatoms. The molecule has 70 valence electrons. The minimum absolute atomic E-state index is 0.288. The largest absolute Gasteiger partial charge is 0.389 e. The van der Waals surface area contributed by atoms with E-state index in [1.165, 1.54) is 38.5 Å². The molecule has 1 atom stereocenters. The van der Waals surface area contributed by atoms with Gasteiger partial charge in [-0.2, -0.15) is 0 Å². The van der Waals surface area contributed by atoms with Crippen molar-refractivity contribution < 1.29 is 5.11 Å². The van der Waals surface area contributed by atoms with Crippen LogP contribution in [0.1, 0.15) is 58.3 Å². The van der Waals surface area contributed by atoms with Crippen LogP contribution in [0.2, 0.25) is 0 Å². The summed E-state index contributed by atoms with van der Waals surface area (Å²) in [5.41, 5.74) is 0.0608. The number of aliphatic hydroxyl groups is 1. The zero-order valence-electron chi connectivity index (χ0n) is 8.10. The fourth-order valence-electron chi connectivity index (χ4n) is 3.54. The van der Waals surface area contributed by atoms with Crippen molar-refractivity contribution >= 4 is 0 Å². The van der Waals surface area contributed by atoms with Gasteiger partial charge in [0.2, 0.25) is 0 Å². The summed E-state index contributed by atoms with van der Waals surface area (Å²) in [4.78, 5) is 0. The molecule has 1 nitrogen and oxygen atoms in total. The predicted octanol–water partition coefficient (Wildman–Crippen LogP) is 2.87. The first-order valence-electron chi connectivity index (χ1n) is 5.45. The first-order valence-corrected chi connectivity index (χ1v) is 5.45. The van der Waals surface area contributed by atoms with Gasteiger partial charge in [0.15, 0.2) is 0 Å². The monoisotopic (exact) mass is 168 g/mol. The predicted molar refractivity (Wildman–Crippen MR) is 50.0 cm³/mol. The Morgan fingerprint density at radius 1 is 1.00 bits per heavy atom. The second kappa shape index (κ2) is 2.73. The third-order valence-corrected chi connectivity index (χ3v) is 4.38. The van der Waals surface area contributed by atoms with Crippen LogP contribution in [0.3, 0.4) is 0 Å². The SMILES string of the molecule is CC[C@]1(O)CCCC12CCCC2. The fourth-order valence-corrected chi connectivity index (χ4v) is 3.54. The lowest BCUT2D eigenvalue weighted by molar-refractivity contribution is -0.0613. The second-order valence-corrected chi connectivity index (χ2v) is 4.73. The van der Waals surface area contributed by atoms with Crippen LogP contribution in [0, 0.1) is 5.41 Å². The third kappa shape index (κ3) is 0.953. The van der Waals surface area contributed by atoms with Crippen molar-refractivity contribution in [1.29, 1.82) is 0 Å². The standard InChI is InChI=1S/C11H20O/c1-2-11(12)9-5-8-10(11)6-3-4-7-10/h12H,2-9H2,1H3/t11-/m0/s1. The highest BCUT2D eigenvalue weighted by Gasteiger charge is 2.53. The second-order valence-electron chi connectivity index (χ2n) is 4.73. The molecule has 0 aromatic rings. The van der Waals surface area contributed by atoms with Gasteiger partial charge in [0.25, 0.3) is 0 Å². The van der Waals surface area contributed by atoms with Crippen molar-refractivity contribution in [3.8, 4) is 0 Å². The molecule has 0 aromatic carbocycles. The van der Waals surface area contributed by atoms with Crippen LogP contribution in [0.25, 0.3) is 0 Å². The third-order valence-electron chi connectivity index (χ3n) is 4.38. The average molecular weight is 168 g/mol. The molecule has 0 heterocycles. The lowest BCUT2D eigenvalue weighted by atomic mass is 9.71. The Morgan fingerprint density at radius 2 is 1.58 bits per heavy atom. The summed E-state index contributed by atoms with van der Waals surface area (Å²) >= 11 is 0. The molecule has 0 aromatic heterocycles. The first kappa shape index (κ1) is 8.55. The lowest BCUT2D eigenvalue weighted by Crippen LogP contribution is -2.41. The number of rotatable bonds is 1. The summed E-state index contributed by atoms with van der Waals surface area (Å²) in [7, 11) is 0. The number of hydrogen-bond donors (Lipinski definition) is 1. The van der Waals surface area contributed by atoms with Gasteiger partial charge in [-0.1, -0.05) is 19.8 Å². The van der Waals surface area contributed by atoms with Crippen molar-refractivity contribution in [2.75, 3.05) is 0 Å². The van der Waals surface area contributed by atoms with Crippen LogP contribution in [-0.4, -0.2) is 10.7 Å². The Labute approximate surface area is 75.2 Å². The molecule has 0 bridgehead atoms. The van der Waals surface area contributed by atoms with E-state index in [1.54, 1.807) is 0 Å². The van der Waals surface area contributed by atoms with Gasteiger partial charge in [0.1, 0.15) is 0 Å². The molecule has 2 fully saturated rings. The number of hydrogen-bond acceptors (Lipinski definition) is 1. The highest BCUT2D eigenvalue weighted by Crippen LogP contribution is 2.57. The van der Waals surface area contributed by atoms with Gasteiger partial charge in [-0.25, -0.2) is 0 Å². The van der Waals surface area contributed by atoms with Gasteiger partial charge >= 0.3 is 0 Å². The van der Waals surface area contributed by atoms with Gasteiger partial charge in [-0.3, -0.25) is 0 Å². The smallest absolute Gasteiger partial charge is 0.0701 e. The highest BCUT2D eigenvalue weighted by molar-refractivity contribution is 5.04. The van der Waals surface area contributed by atoms with Crippen LogP contribution in [0.15, 0.2) is 0 Å². The molecular formula is C11H20O. The first-order chi connectivity index (χ1) is 5.72. The fraction of sp³-hybridized carbons (Fsp3) is 1.00. The van der Waals surface area contributed by atoms with E-state index in [1.807, 2.05) is 0 Å². The molecule has 0 saturated heterocycles. The van der Waals surface area contributed by atoms with Crippen molar-refractivity contribution in [1.82, 2.24) is 0 Å². The van der Waals surface area contributed by atoms with E-state index in [0.29, 0.717) is 5.41 Å². The minimum Gasteiger partial charge on any atom is -0.389 e. The van der Waals surface area contributed by atoms with Crippen LogP contribution < -0.4 is 0 Å². The quantitative estimate of drug-likeness (QED) is 0.638. The van der Waals surface area contributed by atoms with Crippen LogP contribution >= 0.6 is 0 Å². The maximum Gasteiger partial charge on any atom is 0.0701 e. The lowest BCUT2D eigenvalue weighted by Gasteiger charge is -2.39. The average Bonchev–Trinajstić information content (AvgIpc) is 2.64. The Kier molecular flexibility index (Phi) is 1.95. The van der Waals surface area contributed by atoms with E-state index in [-0.39, 0.29) is 5.60 Å². The normalized spacial score (nSPS) is 39.5. The molecule has 0 radical (unpaired) electrons. The Hall–Kier alpha value is -0.0400. The topological polar surface area (TPSA) is 20.2 Å². The van der Waals surface area contributed by atoms with E-state index < -0.39 is 0 Å². The molecule has 0 aliphatic heterocycles. The summed E-state index contributed by atoms with van der Waals surface area (Å²) in [5.74, 6) is 0. The molecule has 0 amide bonds. The summed E-state index contributed by atoms with van der Waals surface area (Å²) < 4.78 is 0. The summed E-state index contributed by atoms with van der Waals surface area (Å²) in [6.45, 7) is 2.14. The van der Waals surface area contributed by atoms with Crippen molar-refractivity contribution in [2.45, 2.75) is 63.9 Å². The molecule has 2 saturated carbocycles. The van der Waals surface area contributed by atoms with Crippen LogP contribution in [0.4, 0.5) is 0 Å². The zero-order valence-corrected chi connectivity index (χ0v) is 8.10. The minimum atomic E-state index is -0.288. The zero-order chi connectivity index (χ0) is 8.66. The van der Waals surface area contributed by atoms with Gasteiger partial charge < -0.3 is 5.11 Å². The van der Waals surface area contributed by atoms with Crippen molar-refractivity contribution in [3.05, 3.63) is 0 Å². The van der Waals surface area contributed by atoms with Crippen molar-refractivity contribution in [2.24, 2.45) is 5.41 Å². The van der Waals surface area contributed by atoms with Gasteiger partial charge in [-0.15, -0.1) is 0 Å². The molecule has 0 unspecified atom stereocenters. The molecule has 2 aliphatic carbocycles.